The molecular weight excluding hydrogens is 437 g/mol. The van der Waals surface area contributed by atoms with Gasteiger partial charge in [-0.3, -0.25) is 19.2 Å². The monoisotopic (exact) mass is 453 g/mol. The van der Waals surface area contributed by atoms with E-state index in [1.807, 2.05) is 0 Å². The molecule has 0 atom stereocenters. The van der Waals surface area contributed by atoms with Crippen LogP contribution in [0.4, 0.5) is 0 Å². The molecule has 0 aliphatic heterocycles. The number of carboxylic acids is 6. The van der Waals surface area contributed by atoms with Crippen LogP contribution in [-0.4, -0.2) is 177 Å². The molecule has 0 unspecified atom stereocenters. The van der Waals surface area contributed by atoms with Crippen LogP contribution in [-0.2, 0) is 28.8 Å². The van der Waals surface area contributed by atoms with Gasteiger partial charge in [0, 0.05) is 88.7 Å². The fraction of sp³-hybridized carbons (Fsp3) is 0.500. The van der Waals surface area contributed by atoms with Gasteiger partial charge in [-0.05, 0) is 0 Å². The van der Waals surface area contributed by atoms with Crippen LogP contribution in [0.15, 0.2) is 0 Å². The smallest absolute Gasteiger partial charge is 0.336 e. The zero-order chi connectivity index (χ0) is 21.3. The molecular formula is C12H16Na3O14. The van der Waals surface area contributed by atoms with Crippen LogP contribution in [0.25, 0.3) is 0 Å². The Labute approximate surface area is 228 Å². The molecule has 0 aromatic heterocycles. The normalized spacial score (nSPS) is 9.72. The van der Waals surface area contributed by atoms with Crippen molar-refractivity contribution in [3.8, 4) is 0 Å². The molecule has 0 aliphatic rings. The van der Waals surface area contributed by atoms with E-state index in [-0.39, 0.29) is 88.7 Å². The van der Waals surface area contributed by atoms with E-state index in [9.17, 15) is 28.8 Å². The van der Waals surface area contributed by atoms with E-state index >= 15 is 0 Å². The van der Waals surface area contributed by atoms with Crippen molar-refractivity contribution in [2.75, 3.05) is 0 Å². The molecule has 0 heterocycles. The SMILES string of the molecule is O=C(O)CC(O)(CC(=O)O)C(=O)O.O=C(O)CC(O)(CC(=O)O)C(=O)O.[Na].[Na].[Na]. The first-order valence-corrected chi connectivity index (χ1v) is 6.34. The van der Waals surface area contributed by atoms with E-state index in [1.165, 1.54) is 0 Å². The average Bonchev–Trinajstić information content (AvgIpc) is 2.34. The molecule has 0 saturated heterocycles. The minimum absolute atomic E-state index is 0. The third-order valence-electron chi connectivity index (χ3n) is 2.57. The summed E-state index contributed by atoms with van der Waals surface area (Å²) in [5, 5.41) is 67.6. The predicted octanol–water partition coefficient (Wildman–Crippen LogP) is -3.64. The van der Waals surface area contributed by atoms with Crippen molar-refractivity contribution in [2.24, 2.45) is 0 Å². The third kappa shape index (κ3) is 18.2. The Balaban J connectivity index is -0.000000120. The predicted molar refractivity (Wildman–Crippen MR) is 91.4 cm³/mol. The summed E-state index contributed by atoms with van der Waals surface area (Å²) < 4.78 is 0. The molecule has 0 aromatic carbocycles. The van der Waals surface area contributed by atoms with Gasteiger partial charge in [-0.15, -0.1) is 0 Å². The largest absolute Gasteiger partial charge is 0.481 e. The van der Waals surface area contributed by atoms with E-state index in [1.54, 1.807) is 0 Å². The van der Waals surface area contributed by atoms with Crippen molar-refractivity contribution in [3.63, 3.8) is 0 Å². The number of rotatable bonds is 10. The summed E-state index contributed by atoms with van der Waals surface area (Å²) in [6, 6.07) is 0. The summed E-state index contributed by atoms with van der Waals surface area (Å²) in [6.07, 6.45) is -4.58. The zero-order valence-corrected chi connectivity index (χ0v) is 21.9. The molecule has 0 rings (SSSR count). The van der Waals surface area contributed by atoms with Crippen molar-refractivity contribution >= 4 is 124 Å². The van der Waals surface area contributed by atoms with Gasteiger partial charge >= 0.3 is 35.8 Å². The maximum Gasteiger partial charge on any atom is 0.336 e. The van der Waals surface area contributed by atoms with Gasteiger partial charge in [0.25, 0.3) is 0 Å². The number of aliphatic carboxylic acids is 6. The third-order valence-corrected chi connectivity index (χ3v) is 2.57. The number of hydrogen-bond donors (Lipinski definition) is 8. The summed E-state index contributed by atoms with van der Waals surface area (Å²) in [5.41, 5.74) is -5.48. The molecule has 29 heavy (non-hydrogen) atoms. The fourth-order valence-corrected chi connectivity index (χ4v) is 1.43. The topological polar surface area (TPSA) is 264 Å². The Hall–Kier alpha value is -0.260. The Kier molecular flexibility index (Phi) is 23.6. The summed E-state index contributed by atoms with van der Waals surface area (Å²) in [4.78, 5) is 61.0. The van der Waals surface area contributed by atoms with E-state index in [0.29, 0.717) is 0 Å². The quantitative estimate of drug-likeness (QED) is 0.148. The van der Waals surface area contributed by atoms with Crippen LogP contribution in [0, 0.1) is 0 Å². The number of aliphatic hydroxyl groups is 2. The van der Waals surface area contributed by atoms with Crippen molar-refractivity contribution in [1.29, 1.82) is 0 Å². The van der Waals surface area contributed by atoms with Crippen LogP contribution in [0.2, 0.25) is 0 Å². The molecule has 0 aromatic rings. The zero-order valence-electron chi connectivity index (χ0n) is 15.9. The standard InChI is InChI=1S/2C6H8O7.3Na/c2*7-3(8)1-6(13,5(11)12)2-4(9)10;;;/h2*13H,1-2H2,(H,7,8)(H,9,10)(H,11,12);;;. The minimum atomic E-state index is -2.74. The first-order valence-electron chi connectivity index (χ1n) is 6.34. The summed E-state index contributed by atoms with van der Waals surface area (Å²) in [7, 11) is 0. The maximum absolute atomic E-state index is 10.3. The summed E-state index contributed by atoms with van der Waals surface area (Å²) in [5.74, 6) is -10.0. The van der Waals surface area contributed by atoms with E-state index < -0.39 is 72.7 Å². The first-order chi connectivity index (χ1) is 11.6. The van der Waals surface area contributed by atoms with Crippen LogP contribution < -0.4 is 0 Å². The molecule has 0 spiro atoms. The van der Waals surface area contributed by atoms with Gasteiger partial charge in [0.2, 0.25) is 0 Å². The maximum atomic E-state index is 10.3. The fourth-order valence-electron chi connectivity index (χ4n) is 1.43. The number of carboxylic acid groups (broad SMARTS) is 6. The first kappa shape index (κ1) is 39.2. The van der Waals surface area contributed by atoms with E-state index in [4.69, 9.17) is 40.9 Å². The molecule has 0 bridgehead atoms. The van der Waals surface area contributed by atoms with Gasteiger partial charge in [0.15, 0.2) is 11.2 Å². The van der Waals surface area contributed by atoms with Crippen LogP contribution in [0.3, 0.4) is 0 Å². The van der Waals surface area contributed by atoms with E-state index in [2.05, 4.69) is 0 Å². The molecule has 17 heteroatoms. The summed E-state index contributed by atoms with van der Waals surface area (Å²) in [6.45, 7) is 0. The minimum Gasteiger partial charge on any atom is -0.481 e. The van der Waals surface area contributed by atoms with Crippen molar-refractivity contribution in [3.05, 3.63) is 0 Å². The molecule has 0 fully saturated rings. The van der Waals surface area contributed by atoms with Gasteiger partial charge in [-0.2, -0.15) is 0 Å². The second-order valence-corrected chi connectivity index (χ2v) is 4.96. The average molecular weight is 453 g/mol. The second kappa shape index (κ2) is 17.4. The van der Waals surface area contributed by atoms with Gasteiger partial charge in [-0.25, -0.2) is 9.59 Å². The summed E-state index contributed by atoms with van der Waals surface area (Å²) >= 11 is 0. The Morgan fingerprint density at radius 1 is 0.448 bits per heavy atom. The number of carbonyl (C=O) groups is 6. The van der Waals surface area contributed by atoms with Crippen molar-refractivity contribution in [1.82, 2.24) is 0 Å². The van der Waals surface area contributed by atoms with Crippen LogP contribution in [0.1, 0.15) is 25.7 Å². The molecule has 14 nitrogen and oxygen atoms in total. The molecule has 0 aliphatic carbocycles. The molecule has 0 saturated carbocycles. The number of hydrogen-bond acceptors (Lipinski definition) is 8. The van der Waals surface area contributed by atoms with Crippen LogP contribution in [0.5, 0.6) is 0 Å². The Morgan fingerprint density at radius 2 is 0.586 bits per heavy atom. The molecule has 151 valence electrons. The molecule has 0 amide bonds. The van der Waals surface area contributed by atoms with Crippen LogP contribution >= 0.6 is 0 Å². The van der Waals surface area contributed by atoms with Gasteiger partial charge in [-0.1, -0.05) is 0 Å². The molecule has 8 N–H and O–H groups in total. The van der Waals surface area contributed by atoms with Crippen molar-refractivity contribution < 1.29 is 69.6 Å². The second-order valence-electron chi connectivity index (χ2n) is 4.96. The Bertz CT molecular complexity index is 521. The Morgan fingerprint density at radius 3 is 0.655 bits per heavy atom. The molecule has 3 radical (unpaired) electrons. The van der Waals surface area contributed by atoms with Crippen molar-refractivity contribution in [2.45, 2.75) is 36.9 Å². The van der Waals surface area contributed by atoms with Gasteiger partial charge < -0.3 is 40.9 Å². The van der Waals surface area contributed by atoms with Gasteiger partial charge in [0.1, 0.15) is 0 Å². The van der Waals surface area contributed by atoms with Gasteiger partial charge in [0.05, 0.1) is 25.7 Å². The van der Waals surface area contributed by atoms with E-state index in [0.717, 1.165) is 0 Å².